The number of anilines is 3. The van der Waals surface area contributed by atoms with Crippen LogP contribution in [0.15, 0.2) is 65.3 Å². The zero-order valence-corrected chi connectivity index (χ0v) is 16.3. The smallest absolute Gasteiger partial charge is 0.291 e. The van der Waals surface area contributed by atoms with Gasteiger partial charge in [0.15, 0.2) is 5.76 Å². The van der Waals surface area contributed by atoms with Crippen molar-refractivity contribution in [2.75, 3.05) is 41.3 Å². The third kappa shape index (κ3) is 3.74. The molecule has 144 valence electrons. The number of rotatable bonds is 4. The molecule has 1 fully saturated rings. The van der Waals surface area contributed by atoms with Gasteiger partial charge in [0, 0.05) is 43.2 Å². The first-order valence-electron chi connectivity index (χ1n) is 9.63. The van der Waals surface area contributed by atoms with Crippen LogP contribution in [0.25, 0.3) is 0 Å². The zero-order chi connectivity index (χ0) is 19.5. The van der Waals surface area contributed by atoms with Crippen LogP contribution in [0.3, 0.4) is 0 Å². The minimum absolute atomic E-state index is 0.236. The van der Waals surface area contributed by atoms with Gasteiger partial charge in [0.1, 0.15) is 0 Å². The number of aryl methyl sites for hydroxylation is 1. The molecule has 28 heavy (non-hydrogen) atoms. The molecule has 5 heteroatoms. The fourth-order valence-electron chi connectivity index (χ4n) is 3.64. The summed E-state index contributed by atoms with van der Waals surface area (Å²) in [7, 11) is 0. The molecule has 2 heterocycles. The molecule has 5 nitrogen and oxygen atoms in total. The fourth-order valence-corrected chi connectivity index (χ4v) is 3.64. The summed E-state index contributed by atoms with van der Waals surface area (Å²) in [4.78, 5) is 16.9. The second kappa shape index (κ2) is 7.80. The Bertz CT molecular complexity index is 940. The Hall–Kier alpha value is -3.21. The first-order valence-corrected chi connectivity index (χ1v) is 9.63. The van der Waals surface area contributed by atoms with Gasteiger partial charge in [-0.3, -0.25) is 4.79 Å². The molecule has 0 atom stereocenters. The van der Waals surface area contributed by atoms with Crippen molar-refractivity contribution in [3.05, 3.63) is 77.7 Å². The molecular formula is C23H25N3O2. The van der Waals surface area contributed by atoms with Gasteiger partial charge in [-0.2, -0.15) is 0 Å². The number of carbonyl (C=O) groups is 1. The van der Waals surface area contributed by atoms with Crippen molar-refractivity contribution >= 4 is 23.0 Å². The largest absolute Gasteiger partial charge is 0.459 e. The van der Waals surface area contributed by atoms with Crippen LogP contribution in [0.5, 0.6) is 0 Å². The molecule has 1 amide bonds. The highest BCUT2D eigenvalue weighted by atomic mass is 16.3. The number of carbonyl (C=O) groups excluding carboxylic acids is 1. The highest BCUT2D eigenvalue weighted by Gasteiger charge is 2.19. The molecule has 0 spiro atoms. The molecule has 1 aliphatic heterocycles. The maximum absolute atomic E-state index is 12.1. The molecule has 1 saturated heterocycles. The Balaban J connectivity index is 1.37. The number of piperazine rings is 1. The normalized spacial score (nSPS) is 14.2. The maximum Gasteiger partial charge on any atom is 0.291 e. The van der Waals surface area contributed by atoms with E-state index in [0.29, 0.717) is 5.76 Å². The van der Waals surface area contributed by atoms with Gasteiger partial charge < -0.3 is 19.5 Å². The van der Waals surface area contributed by atoms with E-state index in [1.807, 2.05) is 12.1 Å². The summed E-state index contributed by atoms with van der Waals surface area (Å²) in [5.41, 5.74) is 5.99. The number of amides is 1. The average Bonchev–Trinajstić information content (AvgIpc) is 3.26. The molecule has 0 unspecified atom stereocenters. The number of hydrogen-bond donors (Lipinski definition) is 1. The van der Waals surface area contributed by atoms with Crippen LogP contribution in [0.4, 0.5) is 17.1 Å². The predicted molar refractivity (Wildman–Crippen MR) is 113 cm³/mol. The highest BCUT2D eigenvalue weighted by Crippen LogP contribution is 2.26. The van der Waals surface area contributed by atoms with Crippen LogP contribution >= 0.6 is 0 Å². The second-order valence-corrected chi connectivity index (χ2v) is 7.17. The summed E-state index contributed by atoms with van der Waals surface area (Å²) in [6.07, 6.45) is 1.50. The molecule has 1 aliphatic rings. The molecule has 0 aliphatic carbocycles. The quantitative estimate of drug-likeness (QED) is 0.731. The van der Waals surface area contributed by atoms with E-state index in [-0.39, 0.29) is 5.91 Å². The average molecular weight is 375 g/mol. The highest BCUT2D eigenvalue weighted by molar-refractivity contribution is 6.02. The van der Waals surface area contributed by atoms with Gasteiger partial charge in [-0.1, -0.05) is 12.1 Å². The number of furan rings is 1. The molecular weight excluding hydrogens is 350 g/mol. The second-order valence-electron chi connectivity index (χ2n) is 7.17. The van der Waals surface area contributed by atoms with Crippen molar-refractivity contribution < 1.29 is 9.21 Å². The third-order valence-electron chi connectivity index (χ3n) is 5.43. The van der Waals surface area contributed by atoms with Gasteiger partial charge in [0.25, 0.3) is 5.91 Å². The number of benzene rings is 2. The van der Waals surface area contributed by atoms with Gasteiger partial charge in [-0.15, -0.1) is 0 Å². The zero-order valence-electron chi connectivity index (χ0n) is 16.3. The predicted octanol–water partition coefficient (Wildman–Crippen LogP) is 4.48. The molecule has 1 N–H and O–H groups in total. The monoisotopic (exact) mass is 375 g/mol. The topological polar surface area (TPSA) is 48.7 Å². The van der Waals surface area contributed by atoms with E-state index < -0.39 is 0 Å². The van der Waals surface area contributed by atoms with Crippen LogP contribution in [0.1, 0.15) is 21.7 Å². The Labute approximate surface area is 165 Å². The van der Waals surface area contributed by atoms with E-state index in [2.05, 4.69) is 59.3 Å². The van der Waals surface area contributed by atoms with Crippen molar-refractivity contribution in [3.8, 4) is 0 Å². The molecule has 4 rings (SSSR count). The van der Waals surface area contributed by atoms with E-state index in [1.54, 1.807) is 12.1 Å². The van der Waals surface area contributed by atoms with Crippen LogP contribution in [-0.2, 0) is 0 Å². The summed E-state index contributed by atoms with van der Waals surface area (Å²) in [6.45, 7) is 8.33. The van der Waals surface area contributed by atoms with Crippen molar-refractivity contribution in [3.63, 3.8) is 0 Å². The lowest BCUT2D eigenvalue weighted by Crippen LogP contribution is -2.46. The van der Waals surface area contributed by atoms with E-state index in [4.69, 9.17) is 4.42 Å². The van der Waals surface area contributed by atoms with Gasteiger partial charge in [0.2, 0.25) is 0 Å². The Morgan fingerprint density at radius 2 is 1.61 bits per heavy atom. The van der Waals surface area contributed by atoms with Crippen LogP contribution in [-0.4, -0.2) is 32.1 Å². The summed E-state index contributed by atoms with van der Waals surface area (Å²) in [5.74, 6) is 0.0755. The van der Waals surface area contributed by atoms with Gasteiger partial charge in [0.05, 0.1) is 6.26 Å². The molecule has 0 saturated carbocycles. The Morgan fingerprint density at radius 1 is 0.893 bits per heavy atom. The lowest BCUT2D eigenvalue weighted by atomic mass is 10.1. The first-order chi connectivity index (χ1) is 13.6. The van der Waals surface area contributed by atoms with Crippen molar-refractivity contribution in [1.82, 2.24) is 0 Å². The molecule has 1 aromatic heterocycles. The molecule has 2 aromatic carbocycles. The number of nitrogens with zero attached hydrogens (tertiary/aromatic N) is 2. The summed E-state index contributed by atoms with van der Waals surface area (Å²) in [5, 5.41) is 2.86. The molecule has 3 aromatic rings. The van der Waals surface area contributed by atoms with Crippen LogP contribution in [0, 0.1) is 13.8 Å². The number of nitrogens with one attached hydrogen (secondary N) is 1. The van der Waals surface area contributed by atoms with E-state index >= 15 is 0 Å². The van der Waals surface area contributed by atoms with E-state index in [0.717, 1.165) is 31.9 Å². The summed E-state index contributed by atoms with van der Waals surface area (Å²) < 4.78 is 5.12. The summed E-state index contributed by atoms with van der Waals surface area (Å²) >= 11 is 0. The molecule has 0 radical (unpaired) electrons. The minimum Gasteiger partial charge on any atom is -0.459 e. The SMILES string of the molecule is Cc1cccc(N2CCN(c3ccc(NC(=O)c4ccco4)cc3)CC2)c1C. The van der Waals surface area contributed by atoms with E-state index in [9.17, 15) is 4.79 Å². The van der Waals surface area contributed by atoms with Crippen LogP contribution < -0.4 is 15.1 Å². The Kier molecular flexibility index (Phi) is 5.06. The Morgan fingerprint density at radius 3 is 2.29 bits per heavy atom. The van der Waals surface area contributed by atoms with Gasteiger partial charge in [-0.25, -0.2) is 0 Å². The fraction of sp³-hybridized carbons (Fsp3) is 0.261. The molecule has 0 bridgehead atoms. The van der Waals surface area contributed by atoms with Gasteiger partial charge >= 0.3 is 0 Å². The first kappa shape index (κ1) is 18.2. The van der Waals surface area contributed by atoms with Crippen molar-refractivity contribution in [1.29, 1.82) is 0 Å². The summed E-state index contributed by atoms with van der Waals surface area (Å²) in [6, 6.07) is 17.9. The standard InChI is InChI=1S/C23H25N3O2/c1-17-5-3-6-21(18(17)2)26-14-12-25(13-15-26)20-10-8-19(9-11-20)24-23(27)22-7-4-16-28-22/h3-11,16H,12-15H2,1-2H3,(H,24,27). The number of hydrogen-bond acceptors (Lipinski definition) is 4. The lowest BCUT2D eigenvalue weighted by molar-refractivity contribution is 0.0996. The van der Waals surface area contributed by atoms with Gasteiger partial charge in [-0.05, 0) is 67.4 Å². The third-order valence-corrected chi connectivity index (χ3v) is 5.43. The van der Waals surface area contributed by atoms with Crippen molar-refractivity contribution in [2.24, 2.45) is 0 Å². The van der Waals surface area contributed by atoms with Crippen molar-refractivity contribution in [2.45, 2.75) is 13.8 Å². The minimum atomic E-state index is -0.236. The van der Waals surface area contributed by atoms with Crippen LogP contribution in [0.2, 0.25) is 0 Å². The van der Waals surface area contributed by atoms with E-state index in [1.165, 1.54) is 28.8 Å². The maximum atomic E-state index is 12.1. The lowest BCUT2D eigenvalue weighted by Gasteiger charge is -2.38.